The zero-order valence-corrected chi connectivity index (χ0v) is 18.0. The molecule has 0 fully saturated rings. The number of anilines is 4. The Balaban J connectivity index is 1.41. The van der Waals surface area contributed by atoms with Crippen molar-refractivity contribution in [2.75, 3.05) is 28.6 Å². The van der Waals surface area contributed by atoms with Crippen molar-refractivity contribution >= 4 is 34.6 Å². The molecule has 0 radical (unpaired) electrons. The number of hydrogen-bond acceptors (Lipinski definition) is 6. The third kappa shape index (κ3) is 3.45. The van der Waals surface area contributed by atoms with Crippen LogP contribution < -0.4 is 15.5 Å². The first-order valence-corrected chi connectivity index (χ1v) is 10.7. The monoisotopic (exact) mass is 420 g/mol. The van der Waals surface area contributed by atoms with Gasteiger partial charge < -0.3 is 15.5 Å². The fourth-order valence-corrected chi connectivity index (χ4v) is 4.63. The van der Waals surface area contributed by atoms with Gasteiger partial charge in [-0.2, -0.15) is 0 Å². The number of pyridine rings is 1. The second-order valence-electron chi connectivity index (χ2n) is 8.57. The molecule has 5 rings (SSSR count). The number of rotatable bonds is 3. The number of nitrogens with one attached hydrogen (secondary N) is 2. The van der Waals surface area contributed by atoms with Crippen LogP contribution in [-0.4, -0.2) is 28.0 Å². The normalized spacial score (nSPS) is 17.0. The van der Waals surface area contributed by atoms with Gasteiger partial charge >= 0.3 is 0 Å². The number of nitrogens with zero attached hydrogens (tertiary/aromatic N) is 4. The minimum atomic E-state index is 0.198. The lowest BCUT2D eigenvalue weighted by molar-refractivity contribution is 0.482. The Hall–Kier alpha value is -2.86. The van der Waals surface area contributed by atoms with Crippen molar-refractivity contribution in [1.29, 1.82) is 0 Å². The Morgan fingerprint density at radius 1 is 1.17 bits per heavy atom. The number of fused-ring (bicyclic) bond motifs is 2. The topological polar surface area (TPSA) is 66.0 Å². The van der Waals surface area contributed by atoms with Gasteiger partial charge in [-0.25, -0.2) is 15.0 Å². The van der Waals surface area contributed by atoms with Gasteiger partial charge in [0.05, 0.1) is 17.3 Å². The van der Waals surface area contributed by atoms with E-state index in [1.165, 1.54) is 11.3 Å². The molecule has 0 amide bonds. The minimum Gasteiger partial charge on any atom is -0.385 e. The predicted octanol–water partition coefficient (Wildman–Crippen LogP) is 4.92. The molecule has 0 atom stereocenters. The van der Waals surface area contributed by atoms with Gasteiger partial charge in [0, 0.05) is 36.2 Å². The molecule has 0 saturated carbocycles. The second kappa shape index (κ2) is 7.43. The highest BCUT2D eigenvalue weighted by Crippen LogP contribution is 2.38. The van der Waals surface area contributed by atoms with E-state index in [0.29, 0.717) is 11.6 Å². The Morgan fingerprint density at radius 2 is 2.07 bits per heavy atom. The Morgan fingerprint density at radius 3 is 2.93 bits per heavy atom. The molecule has 1 aromatic carbocycles. The SMILES string of the molecule is CC1(C)CCNc2cc(Nc3ncnc4c3CCN(c3ncccc3Cl)C4)ccc21. The van der Waals surface area contributed by atoms with E-state index >= 15 is 0 Å². The maximum atomic E-state index is 6.35. The van der Waals surface area contributed by atoms with Crippen LogP contribution in [0.2, 0.25) is 5.02 Å². The van der Waals surface area contributed by atoms with E-state index in [2.05, 4.69) is 62.5 Å². The summed E-state index contributed by atoms with van der Waals surface area (Å²) in [4.78, 5) is 15.7. The van der Waals surface area contributed by atoms with Crippen molar-refractivity contribution in [3.8, 4) is 0 Å². The summed E-state index contributed by atoms with van der Waals surface area (Å²) in [5.74, 6) is 1.68. The van der Waals surface area contributed by atoms with E-state index in [1.54, 1.807) is 12.5 Å². The van der Waals surface area contributed by atoms with Crippen molar-refractivity contribution < 1.29 is 0 Å². The summed E-state index contributed by atoms with van der Waals surface area (Å²) in [6.07, 6.45) is 5.38. The maximum Gasteiger partial charge on any atom is 0.147 e. The molecule has 0 aliphatic carbocycles. The van der Waals surface area contributed by atoms with Crippen molar-refractivity contribution in [2.24, 2.45) is 0 Å². The van der Waals surface area contributed by atoms with Crippen molar-refractivity contribution in [1.82, 2.24) is 15.0 Å². The average molecular weight is 421 g/mol. The van der Waals surface area contributed by atoms with Crippen LogP contribution in [0.3, 0.4) is 0 Å². The summed E-state index contributed by atoms with van der Waals surface area (Å²) in [7, 11) is 0. The first kappa shape index (κ1) is 19.1. The second-order valence-corrected chi connectivity index (χ2v) is 8.98. The van der Waals surface area contributed by atoms with Crippen LogP contribution in [0.1, 0.15) is 37.1 Å². The van der Waals surface area contributed by atoms with Gasteiger partial charge in [-0.05, 0) is 48.1 Å². The standard InChI is InChI=1S/C23H25ClN6/c1-23(2)8-10-25-19-12-15(5-6-17(19)23)29-21-16-7-11-30(13-20(16)27-14-28-21)22-18(24)4-3-9-26-22/h3-6,9,12,14,25H,7-8,10-11,13H2,1-2H3,(H,27,28,29). The van der Waals surface area contributed by atoms with Gasteiger partial charge in [0.1, 0.15) is 18.0 Å². The summed E-state index contributed by atoms with van der Waals surface area (Å²) in [5.41, 5.74) is 5.98. The molecule has 2 aromatic heterocycles. The summed E-state index contributed by atoms with van der Waals surface area (Å²) in [6.45, 7) is 7.10. The van der Waals surface area contributed by atoms with Crippen LogP contribution in [0.25, 0.3) is 0 Å². The zero-order valence-electron chi connectivity index (χ0n) is 17.2. The summed E-state index contributed by atoms with van der Waals surface area (Å²) in [5, 5.41) is 7.73. The van der Waals surface area contributed by atoms with E-state index in [9.17, 15) is 0 Å². The number of aromatic nitrogens is 3. The van der Waals surface area contributed by atoms with Crippen LogP contribution in [0.5, 0.6) is 0 Å². The fourth-order valence-electron chi connectivity index (χ4n) is 4.39. The third-order valence-electron chi connectivity index (χ3n) is 6.12. The van der Waals surface area contributed by atoms with Gasteiger partial charge in [0.2, 0.25) is 0 Å². The molecule has 30 heavy (non-hydrogen) atoms. The summed E-state index contributed by atoms with van der Waals surface area (Å²) in [6, 6.07) is 10.3. The van der Waals surface area contributed by atoms with Crippen LogP contribution in [0, 0.1) is 0 Å². The molecular formula is C23H25ClN6. The molecule has 0 bridgehead atoms. The summed E-state index contributed by atoms with van der Waals surface area (Å²) < 4.78 is 0. The molecule has 0 saturated heterocycles. The van der Waals surface area contributed by atoms with Crippen molar-refractivity contribution in [3.05, 3.63) is 64.7 Å². The minimum absolute atomic E-state index is 0.198. The number of halogens is 1. The van der Waals surface area contributed by atoms with Gasteiger partial charge in [-0.15, -0.1) is 0 Å². The molecule has 2 aliphatic rings. The van der Waals surface area contributed by atoms with Crippen LogP contribution in [0.4, 0.5) is 23.0 Å². The zero-order chi connectivity index (χ0) is 20.7. The maximum absolute atomic E-state index is 6.35. The molecule has 3 aromatic rings. The predicted molar refractivity (Wildman–Crippen MR) is 122 cm³/mol. The van der Waals surface area contributed by atoms with E-state index < -0.39 is 0 Å². The molecule has 0 spiro atoms. The van der Waals surface area contributed by atoms with Crippen molar-refractivity contribution in [3.63, 3.8) is 0 Å². The molecule has 2 N–H and O–H groups in total. The van der Waals surface area contributed by atoms with Gasteiger partial charge in [-0.3, -0.25) is 0 Å². The lowest BCUT2D eigenvalue weighted by atomic mass is 9.78. The lowest BCUT2D eigenvalue weighted by Gasteiger charge is -2.33. The highest BCUT2D eigenvalue weighted by molar-refractivity contribution is 6.32. The average Bonchev–Trinajstić information content (AvgIpc) is 2.73. The number of hydrogen-bond donors (Lipinski definition) is 2. The third-order valence-corrected chi connectivity index (χ3v) is 6.42. The van der Waals surface area contributed by atoms with Crippen LogP contribution in [0.15, 0.2) is 42.9 Å². The Bertz CT molecular complexity index is 1100. The van der Waals surface area contributed by atoms with E-state index in [1.807, 2.05) is 12.1 Å². The molecule has 2 aliphatic heterocycles. The quantitative estimate of drug-likeness (QED) is 0.626. The highest BCUT2D eigenvalue weighted by atomic mass is 35.5. The van der Waals surface area contributed by atoms with Gasteiger partial charge in [-0.1, -0.05) is 31.5 Å². The van der Waals surface area contributed by atoms with Crippen LogP contribution >= 0.6 is 11.6 Å². The highest BCUT2D eigenvalue weighted by Gasteiger charge is 2.27. The van der Waals surface area contributed by atoms with Gasteiger partial charge in [0.25, 0.3) is 0 Å². The molecule has 6 nitrogen and oxygen atoms in total. The molecule has 7 heteroatoms. The van der Waals surface area contributed by atoms with Gasteiger partial charge in [0.15, 0.2) is 0 Å². The molecular weight excluding hydrogens is 396 g/mol. The van der Waals surface area contributed by atoms with Crippen LogP contribution in [-0.2, 0) is 18.4 Å². The Labute approximate surface area is 181 Å². The molecule has 4 heterocycles. The van der Waals surface area contributed by atoms with E-state index in [-0.39, 0.29) is 5.41 Å². The smallest absolute Gasteiger partial charge is 0.147 e. The molecule has 154 valence electrons. The first-order chi connectivity index (χ1) is 14.5. The Kier molecular flexibility index (Phi) is 4.74. The summed E-state index contributed by atoms with van der Waals surface area (Å²) >= 11 is 6.35. The molecule has 0 unspecified atom stereocenters. The number of benzene rings is 1. The lowest BCUT2D eigenvalue weighted by Crippen LogP contribution is -2.32. The largest absolute Gasteiger partial charge is 0.385 e. The fraction of sp³-hybridized carbons (Fsp3) is 0.348. The van der Waals surface area contributed by atoms with E-state index in [0.717, 1.165) is 54.5 Å². The van der Waals surface area contributed by atoms with E-state index in [4.69, 9.17) is 11.6 Å². The van der Waals surface area contributed by atoms with Crippen molar-refractivity contribution in [2.45, 2.75) is 38.6 Å². The first-order valence-electron chi connectivity index (χ1n) is 10.3.